The smallest absolute Gasteiger partial charge is 0.323 e. The molecule has 2 aromatic heterocycles. The number of halogens is 1. The van der Waals surface area contributed by atoms with E-state index in [4.69, 9.17) is 11.6 Å². The van der Waals surface area contributed by atoms with Crippen molar-refractivity contribution in [2.24, 2.45) is 0 Å². The normalized spacial score (nSPS) is 9.78. The molecule has 118 valence electrons. The van der Waals surface area contributed by atoms with Gasteiger partial charge in [0.1, 0.15) is 5.15 Å². The highest BCUT2D eigenvalue weighted by Gasteiger charge is 2.04. The van der Waals surface area contributed by atoms with Crippen LogP contribution in [0.2, 0.25) is 5.15 Å². The van der Waals surface area contributed by atoms with E-state index in [0.29, 0.717) is 16.5 Å². The molecule has 0 bridgehead atoms. The van der Waals surface area contributed by atoms with E-state index in [9.17, 15) is 4.79 Å². The van der Waals surface area contributed by atoms with E-state index in [-0.39, 0.29) is 13.5 Å². The summed E-state index contributed by atoms with van der Waals surface area (Å²) in [4.78, 5) is 15.8. The standard InChI is InChI=1S/C16H13ClN4O.CH4/c17-15-11-13(7-8-18-15)20-16(22)19-12-3-5-14(6-4-12)21-9-1-2-10-21;/h1-11H,(H2,18,19,20,22);1H4. The lowest BCUT2D eigenvalue weighted by Crippen LogP contribution is -2.19. The number of rotatable bonds is 3. The van der Waals surface area contributed by atoms with Crippen LogP contribution in [-0.2, 0) is 0 Å². The van der Waals surface area contributed by atoms with Gasteiger partial charge < -0.3 is 15.2 Å². The highest BCUT2D eigenvalue weighted by atomic mass is 35.5. The molecule has 2 amide bonds. The summed E-state index contributed by atoms with van der Waals surface area (Å²) in [6.45, 7) is 0. The Morgan fingerprint density at radius 2 is 1.65 bits per heavy atom. The van der Waals surface area contributed by atoms with Gasteiger partial charge in [0.15, 0.2) is 0 Å². The van der Waals surface area contributed by atoms with Gasteiger partial charge in [-0.15, -0.1) is 0 Å². The largest absolute Gasteiger partial charge is 0.324 e. The van der Waals surface area contributed by atoms with Crippen molar-refractivity contribution in [3.63, 3.8) is 0 Å². The molecule has 0 unspecified atom stereocenters. The van der Waals surface area contributed by atoms with Gasteiger partial charge in [0, 0.05) is 35.7 Å². The topological polar surface area (TPSA) is 59.0 Å². The molecule has 0 spiro atoms. The van der Waals surface area contributed by atoms with Gasteiger partial charge >= 0.3 is 6.03 Å². The number of nitrogens with one attached hydrogen (secondary N) is 2. The first-order valence-corrected chi connectivity index (χ1v) is 7.01. The first-order valence-electron chi connectivity index (χ1n) is 6.64. The molecule has 2 heterocycles. The molecule has 0 radical (unpaired) electrons. The Balaban J connectivity index is 0.00000192. The van der Waals surface area contributed by atoms with Crippen LogP contribution in [0.1, 0.15) is 7.43 Å². The van der Waals surface area contributed by atoms with Gasteiger partial charge in [0.25, 0.3) is 0 Å². The Morgan fingerprint density at radius 1 is 1.00 bits per heavy atom. The molecule has 23 heavy (non-hydrogen) atoms. The predicted octanol–water partition coefficient (Wildman–Crippen LogP) is 4.81. The van der Waals surface area contributed by atoms with Crippen LogP contribution >= 0.6 is 11.6 Å². The van der Waals surface area contributed by atoms with E-state index < -0.39 is 0 Å². The maximum Gasteiger partial charge on any atom is 0.323 e. The van der Waals surface area contributed by atoms with Gasteiger partial charge in [0.05, 0.1) is 0 Å². The number of carbonyl (C=O) groups is 1. The molecule has 3 rings (SSSR count). The molecule has 2 N–H and O–H groups in total. The SMILES string of the molecule is C.O=C(Nc1ccc(-n2cccc2)cc1)Nc1ccnc(Cl)c1. The van der Waals surface area contributed by atoms with Crippen molar-refractivity contribution in [3.05, 3.63) is 72.3 Å². The maximum atomic E-state index is 11.9. The molecular weight excluding hydrogens is 312 g/mol. The van der Waals surface area contributed by atoms with E-state index in [1.807, 2.05) is 53.4 Å². The molecular formula is C17H17ClN4O. The Hall–Kier alpha value is -2.79. The van der Waals surface area contributed by atoms with E-state index in [2.05, 4.69) is 15.6 Å². The van der Waals surface area contributed by atoms with Crippen LogP contribution in [0.4, 0.5) is 16.2 Å². The zero-order valence-corrected chi connectivity index (χ0v) is 12.3. The summed E-state index contributed by atoms with van der Waals surface area (Å²) in [6.07, 6.45) is 5.45. The van der Waals surface area contributed by atoms with Crippen LogP contribution in [-0.4, -0.2) is 15.6 Å². The van der Waals surface area contributed by atoms with Crippen LogP contribution < -0.4 is 10.6 Å². The molecule has 0 saturated heterocycles. The summed E-state index contributed by atoms with van der Waals surface area (Å²) in [5, 5.41) is 5.78. The molecule has 1 aromatic carbocycles. The number of amides is 2. The predicted molar refractivity (Wildman–Crippen MR) is 94.4 cm³/mol. The van der Waals surface area contributed by atoms with E-state index in [0.717, 1.165) is 5.69 Å². The molecule has 0 aliphatic rings. The second-order valence-corrected chi connectivity index (χ2v) is 4.97. The third-order valence-electron chi connectivity index (χ3n) is 3.01. The Morgan fingerprint density at radius 3 is 2.30 bits per heavy atom. The summed E-state index contributed by atoms with van der Waals surface area (Å²) in [6, 6.07) is 14.4. The number of urea groups is 1. The van der Waals surface area contributed by atoms with Crippen molar-refractivity contribution in [2.75, 3.05) is 10.6 Å². The van der Waals surface area contributed by atoms with Crippen LogP contribution in [0.25, 0.3) is 5.69 Å². The zero-order valence-electron chi connectivity index (χ0n) is 11.5. The lowest BCUT2D eigenvalue weighted by Gasteiger charge is -2.09. The maximum absolute atomic E-state index is 11.9. The number of benzene rings is 1. The molecule has 5 nitrogen and oxygen atoms in total. The summed E-state index contributed by atoms with van der Waals surface area (Å²) in [5.74, 6) is 0. The summed E-state index contributed by atoms with van der Waals surface area (Å²) < 4.78 is 1.99. The summed E-state index contributed by atoms with van der Waals surface area (Å²) in [5.41, 5.74) is 2.31. The Labute approximate surface area is 139 Å². The van der Waals surface area contributed by atoms with Crippen LogP contribution in [0.5, 0.6) is 0 Å². The van der Waals surface area contributed by atoms with Gasteiger partial charge in [0.2, 0.25) is 0 Å². The second kappa shape index (κ2) is 7.47. The number of hydrogen-bond acceptors (Lipinski definition) is 2. The monoisotopic (exact) mass is 328 g/mol. The van der Waals surface area contributed by atoms with Crippen molar-refractivity contribution in [3.8, 4) is 5.69 Å². The van der Waals surface area contributed by atoms with Crippen LogP contribution in [0.15, 0.2) is 67.1 Å². The zero-order chi connectivity index (χ0) is 15.4. The number of anilines is 2. The molecule has 0 aliphatic carbocycles. The Kier molecular flexibility index (Phi) is 5.38. The molecule has 0 saturated carbocycles. The fraction of sp³-hybridized carbons (Fsp3) is 0.0588. The van der Waals surface area contributed by atoms with Crippen molar-refractivity contribution < 1.29 is 4.79 Å². The first kappa shape index (κ1) is 16.6. The number of hydrogen-bond donors (Lipinski definition) is 2. The van der Waals surface area contributed by atoms with Gasteiger partial charge in [-0.25, -0.2) is 9.78 Å². The minimum Gasteiger partial charge on any atom is -0.324 e. The molecule has 6 heteroatoms. The van der Waals surface area contributed by atoms with Gasteiger partial charge in [-0.3, -0.25) is 0 Å². The van der Waals surface area contributed by atoms with Crippen molar-refractivity contribution in [2.45, 2.75) is 7.43 Å². The lowest BCUT2D eigenvalue weighted by atomic mass is 10.3. The lowest BCUT2D eigenvalue weighted by molar-refractivity contribution is 0.262. The first-order chi connectivity index (χ1) is 10.7. The van der Waals surface area contributed by atoms with E-state index >= 15 is 0 Å². The minimum absolute atomic E-state index is 0. The quantitative estimate of drug-likeness (QED) is 0.678. The van der Waals surface area contributed by atoms with Crippen LogP contribution in [0, 0.1) is 0 Å². The van der Waals surface area contributed by atoms with Crippen LogP contribution in [0.3, 0.4) is 0 Å². The van der Waals surface area contributed by atoms with Gasteiger partial charge in [-0.1, -0.05) is 19.0 Å². The second-order valence-electron chi connectivity index (χ2n) is 4.58. The van der Waals surface area contributed by atoms with Crippen molar-refractivity contribution in [1.29, 1.82) is 0 Å². The molecule has 3 aromatic rings. The minimum atomic E-state index is -0.337. The molecule has 0 atom stereocenters. The molecule has 0 fully saturated rings. The number of aromatic nitrogens is 2. The average molecular weight is 329 g/mol. The fourth-order valence-corrected chi connectivity index (χ4v) is 2.17. The summed E-state index contributed by atoms with van der Waals surface area (Å²) >= 11 is 5.77. The highest BCUT2D eigenvalue weighted by Crippen LogP contribution is 2.15. The van der Waals surface area contributed by atoms with E-state index in [1.54, 1.807) is 12.1 Å². The van der Waals surface area contributed by atoms with Gasteiger partial charge in [-0.05, 0) is 48.5 Å². The fourth-order valence-electron chi connectivity index (χ4n) is 2.00. The Bertz CT molecular complexity index is 770. The third kappa shape index (κ3) is 4.34. The highest BCUT2D eigenvalue weighted by molar-refractivity contribution is 6.29. The van der Waals surface area contributed by atoms with Crippen molar-refractivity contribution in [1.82, 2.24) is 9.55 Å². The third-order valence-corrected chi connectivity index (χ3v) is 3.22. The number of carbonyl (C=O) groups excluding carboxylic acids is 1. The number of pyridine rings is 1. The number of nitrogens with zero attached hydrogens (tertiary/aromatic N) is 2. The van der Waals surface area contributed by atoms with Crippen molar-refractivity contribution >= 4 is 29.0 Å². The van der Waals surface area contributed by atoms with E-state index in [1.165, 1.54) is 6.20 Å². The van der Waals surface area contributed by atoms with Gasteiger partial charge in [-0.2, -0.15) is 0 Å². The molecule has 0 aliphatic heterocycles. The average Bonchev–Trinajstić information content (AvgIpc) is 3.02. The summed E-state index contributed by atoms with van der Waals surface area (Å²) in [7, 11) is 0.